The molecule has 2 aliphatic heterocycles. The third-order valence-electron chi connectivity index (χ3n) is 9.04. The maximum atomic E-state index is 10.8. The van der Waals surface area contributed by atoms with Crippen LogP contribution in [0, 0.1) is 29.1 Å². The summed E-state index contributed by atoms with van der Waals surface area (Å²) in [5.41, 5.74) is 2.19. The summed E-state index contributed by atoms with van der Waals surface area (Å²) in [5.74, 6) is 2.89. The Morgan fingerprint density at radius 3 is 2.29 bits per heavy atom. The first kappa shape index (κ1) is 30.0. The maximum absolute atomic E-state index is 10.8. The van der Waals surface area contributed by atoms with E-state index in [9.17, 15) is 5.26 Å². The lowest BCUT2D eigenvalue weighted by molar-refractivity contribution is 0.115. The zero-order chi connectivity index (χ0) is 28.5. The number of rotatable bonds is 13. The van der Waals surface area contributed by atoms with Crippen LogP contribution in [-0.4, -0.2) is 54.6 Å². The number of nitriles is 1. The summed E-state index contributed by atoms with van der Waals surface area (Å²) in [7, 11) is 0. The summed E-state index contributed by atoms with van der Waals surface area (Å²) in [6, 6.07) is 26.8. The van der Waals surface area contributed by atoms with Crippen molar-refractivity contribution in [1.82, 2.24) is 9.88 Å². The average molecular weight is 585 g/mol. The Bertz CT molecular complexity index is 1230. The first-order valence-corrected chi connectivity index (χ1v) is 17.5. The second-order valence-corrected chi connectivity index (χ2v) is 13.9. The second-order valence-electron chi connectivity index (χ2n) is 11.9. The van der Waals surface area contributed by atoms with Crippen molar-refractivity contribution < 1.29 is 0 Å². The zero-order valence-electron chi connectivity index (χ0n) is 24.6. The fraction of sp³-hybridized carbons (Fsp3) is 0.486. The smallest absolute Gasteiger partial charge is 0.0854 e. The van der Waals surface area contributed by atoms with Gasteiger partial charge in [0.2, 0.25) is 0 Å². The highest BCUT2D eigenvalue weighted by molar-refractivity contribution is 7.99. The summed E-state index contributed by atoms with van der Waals surface area (Å²) in [4.78, 5) is 11.8. The first-order chi connectivity index (χ1) is 20.1. The highest BCUT2D eigenvalue weighted by Crippen LogP contribution is 2.44. The van der Waals surface area contributed by atoms with Gasteiger partial charge < -0.3 is 9.80 Å². The Kier molecular flexibility index (Phi) is 10.7. The molecular weight excluding hydrogens is 541 g/mol. The SMILES string of the molecule is CCCC(CSC)CC(C#N)(c1ccccc1)C1CCN(CC2CN(c3ccc(Sc4ccncc4)cc3)C2)CC1. The van der Waals surface area contributed by atoms with Gasteiger partial charge in [-0.05, 0) is 105 Å². The average Bonchev–Trinajstić information content (AvgIpc) is 3.00. The fourth-order valence-electron chi connectivity index (χ4n) is 6.94. The van der Waals surface area contributed by atoms with Crippen LogP contribution in [-0.2, 0) is 5.41 Å². The van der Waals surface area contributed by atoms with Gasteiger partial charge in [-0.2, -0.15) is 17.0 Å². The van der Waals surface area contributed by atoms with Crippen molar-refractivity contribution in [3.05, 3.63) is 84.7 Å². The first-order valence-electron chi connectivity index (χ1n) is 15.2. The van der Waals surface area contributed by atoms with E-state index in [-0.39, 0.29) is 5.41 Å². The van der Waals surface area contributed by atoms with Crippen molar-refractivity contribution >= 4 is 29.2 Å². The van der Waals surface area contributed by atoms with Gasteiger partial charge in [0, 0.05) is 53.4 Å². The van der Waals surface area contributed by atoms with E-state index in [4.69, 9.17) is 0 Å². The Labute approximate surface area is 255 Å². The van der Waals surface area contributed by atoms with E-state index in [1.165, 1.54) is 40.4 Å². The minimum atomic E-state index is -0.377. The molecule has 0 aliphatic carbocycles. The van der Waals surface area contributed by atoms with Crippen LogP contribution in [0.25, 0.3) is 0 Å². The van der Waals surface area contributed by atoms with E-state index in [0.717, 1.165) is 57.1 Å². The molecule has 0 N–H and O–H groups in total. The van der Waals surface area contributed by atoms with E-state index in [1.807, 2.05) is 24.2 Å². The van der Waals surface area contributed by atoms with Crippen LogP contribution in [0.1, 0.15) is 44.6 Å². The Hall–Kier alpha value is -2.46. The molecule has 2 saturated heterocycles. The molecule has 6 heteroatoms. The molecule has 5 rings (SSSR count). The molecule has 1 aromatic heterocycles. The number of hydrogen-bond acceptors (Lipinski definition) is 6. The van der Waals surface area contributed by atoms with Crippen LogP contribution < -0.4 is 4.90 Å². The number of aromatic nitrogens is 1. The fourth-order valence-corrected chi connectivity index (χ4v) is 8.50. The lowest BCUT2D eigenvalue weighted by Crippen LogP contribution is -2.53. The number of hydrogen-bond donors (Lipinski definition) is 0. The molecule has 41 heavy (non-hydrogen) atoms. The van der Waals surface area contributed by atoms with Crippen molar-refractivity contribution in [2.45, 2.75) is 54.2 Å². The van der Waals surface area contributed by atoms with Crippen LogP contribution in [0.15, 0.2) is 88.9 Å². The lowest BCUT2D eigenvalue weighted by atomic mass is 9.63. The van der Waals surface area contributed by atoms with Crippen molar-refractivity contribution in [2.75, 3.05) is 49.6 Å². The van der Waals surface area contributed by atoms with Crippen LogP contribution in [0.5, 0.6) is 0 Å². The third-order valence-corrected chi connectivity index (χ3v) is 10.9. The number of anilines is 1. The molecule has 2 atom stereocenters. The van der Waals surface area contributed by atoms with Crippen molar-refractivity contribution in [3.63, 3.8) is 0 Å². The number of benzene rings is 2. The number of thioether (sulfide) groups is 1. The summed E-state index contributed by atoms with van der Waals surface area (Å²) in [6.07, 6.45) is 11.5. The molecule has 3 aromatic rings. The molecule has 0 spiro atoms. The molecule has 0 radical (unpaired) electrons. The highest BCUT2D eigenvalue weighted by atomic mass is 32.2. The molecule has 2 fully saturated rings. The molecular formula is C35H44N4S2. The van der Waals surface area contributed by atoms with E-state index >= 15 is 0 Å². The van der Waals surface area contributed by atoms with E-state index in [2.05, 4.69) is 101 Å². The van der Waals surface area contributed by atoms with Crippen molar-refractivity contribution in [1.29, 1.82) is 5.26 Å². The summed E-state index contributed by atoms with van der Waals surface area (Å²) < 4.78 is 0. The molecule has 2 unspecified atom stereocenters. The van der Waals surface area contributed by atoms with E-state index < -0.39 is 0 Å². The molecule has 216 valence electrons. The normalized spacial score (nSPS) is 18.8. The number of pyridine rings is 1. The standard InChI is InChI=1S/C35H44N4S2/c1-3-7-28(26-40-2)22-35(27-36,30-8-5-4-6-9-30)31-16-20-38(21-17-31)23-29-24-39(25-29)32-10-12-33(13-11-32)41-34-14-18-37-19-15-34/h4-6,8-15,18-19,28-29,31H,3,7,16-17,20-26H2,1-2H3. The van der Waals surface area contributed by atoms with Gasteiger partial charge in [-0.25, -0.2) is 0 Å². The van der Waals surface area contributed by atoms with Gasteiger partial charge in [0.25, 0.3) is 0 Å². The summed E-state index contributed by atoms with van der Waals surface area (Å²) in [5, 5.41) is 10.8. The van der Waals surface area contributed by atoms with E-state index in [0.29, 0.717) is 11.8 Å². The predicted octanol–water partition coefficient (Wildman–Crippen LogP) is 8.01. The Balaban J connectivity index is 1.14. The van der Waals surface area contributed by atoms with Gasteiger partial charge >= 0.3 is 0 Å². The number of nitrogens with zero attached hydrogens (tertiary/aromatic N) is 4. The molecule has 4 nitrogen and oxygen atoms in total. The third kappa shape index (κ3) is 7.49. The quantitative estimate of drug-likeness (QED) is 0.203. The zero-order valence-corrected chi connectivity index (χ0v) is 26.3. The van der Waals surface area contributed by atoms with Crippen LogP contribution in [0.4, 0.5) is 5.69 Å². The van der Waals surface area contributed by atoms with Crippen LogP contribution in [0.2, 0.25) is 0 Å². The summed E-state index contributed by atoms with van der Waals surface area (Å²) in [6.45, 7) is 7.95. The predicted molar refractivity (Wildman–Crippen MR) is 175 cm³/mol. The van der Waals surface area contributed by atoms with E-state index in [1.54, 1.807) is 11.8 Å². The molecule has 2 aliphatic rings. The highest BCUT2D eigenvalue weighted by Gasteiger charge is 2.44. The van der Waals surface area contributed by atoms with Crippen LogP contribution in [0.3, 0.4) is 0 Å². The van der Waals surface area contributed by atoms with Gasteiger partial charge in [0.1, 0.15) is 0 Å². The van der Waals surface area contributed by atoms with Crippen molar-refractivity contribution in [3.8, 4) is 6.07 Å². The molecule has 0 bridgehead atoms. The minimum absolute atomic E-state index is 0.377. The van der Waals surface area contributed by atoms with Gasteiger partial charge in [-0.3, -0.25) is 4.98 Å². The number of piperidine rings is 1. The lowest BCUT2D eigenvalue weighted by Gasteiger charge is -2.46. The molecule has 0 amide bonds. The van der Waals surface area contributed by atoms with Crippen LogP contribution >= 0.6 is 23.5 Å². The van der Waals surface area contributed by atoms with Gasteiger partial charge in [-0.15, -0.1) is 0 Å². The largest absolute Gasteiger partial charge is 0.371 e. The second kappa shape index (κ2) is 14.6. The minimum Gasteiger partial charge on any atom is -0.371 e. The van der Waals surface area contributed by atoms with Gasteiger partial charge in [0.15, 0.2) is 0 Å². The topological polar surface area (TPSA) is 43.2 Å². The Morgan fingerprint density at radius 1 is 0.976 bits per heavy atom. The van der Waals surface area contributed by atoms with Crippen molar-refractivity contribution in [2.24, 2.45) is 17.8 Å². The maximum Gasteiger partial charge on any atom is 0.0854 e. The monoisotopic (exact) mass is 584 g/mol. The Morgan fingerprint density at radius 2 is 1.66 bits per heavy atom. The van der Waals surface area contributed by atoms with Gasteiger partial charge in [0.05, 0.1) is 11.5 Å². The molecule has 2 aromatic carbocycles. The molecule has 3 heterocycles. The molecule has 0 saturated carbocycles. The van der Waals surface area contributed by atoms with Gasteiger partial charge in [-0.1, -0.05) is 55.4 Å². The number of likely N-dealkylation sites (tertiary alicyclic amines) is 1. The summed E-state index contributed by atoms with van der Waals surface area (Å²) >= 11 is 3.71.